The zero-order valence-corrected chi connectivity index (χ0v) is 12.1. The van der Waals surface area contributed by atoms with Crippen LogP contribution >= 0.6 is 0 Å². The van der Waals surface area contributed by atoms with Crippen molar-refractivity contribution in [3.8, 4) is 5.75 Å². The highest BCUT2D eigenvalue weighted by atomic mass is 16.5. The van der Waals surface area contributed by atoms with Gasteiger partial charge in [-0.3, -0.25) is 4.79 Å². The maximum atomic E-state index is 12.8. The summed E-state index contributed by atoms with van der Waals surface area (Å²) in [6.07, 6.45) is 4.81. The van der Waals surface area contributed by atoms with Crippen molar-refractivity contribution in [2.24, 2.45) is 5.73 Å². The van der Waals surface area contributed by atoms with Crippen LogP contribution in [0.2, 0.25) is 0 Å². The lowest BCUT2D eigenvalue weighted by molar-refractivity contribution is 0.0844. The molecule has 0 saturated heterocycles. The number of carbonyl (C=O) groups is 1. The summed E-state index contributed by atoms with van der Waals surface area (Å²) in [5.74, 6) is 0.715. The highest BCUT2D eigenvalue weighted by Crippen LogP contribution is 2.34. The summed E-state index contributed by atoms with van der Waals surface area (Å²) in [6, 6.07) is 3.82. The number of ether oxygens (including phenoxy) is 1. The predicted octanol–water partition coefficient (Wildman–Crippen LogP) is 3.16. The molecule has 1 aromatic carbocycles. The van der Waals surface area contributed by atoms with Crippen molar-refractivity contribution in [3.05, 3.63) is 28.8 Å². The van der Waals surface area contributed by atoms with Gasteiger partial charge in [-0.25, -0.2) is 0 Å². The van der Waals surface area contributed by atoms with E-state index in [0.29, 0.717) is 11.3 Å². The van der Waals surface area contributed by atoms with Crippen LogP contribution in [0, 0.1) is 13.8 Å². The topological polar surface area (TPSA) is 52.3 Å². The number of carbonyl (C=O) groups excluding carboxylic acids is 1. The Balaban J connectivity index is 2.41. The van der Waals surface area contributed by atoms with Crippen molar-refractivity contribution in [1.82, 2.24) is 0 Å². The van der Waals surface area contributed by atoms with Crippen molar-refractivity contribution in [1.29, 1.82) is 0 Å². The molecule has 2 N–H and O–H groups in total. The van der Waals surface area contributed by atoms with Gasteiger partial charge in [0, 0.05) is 0 Å². The first-order valence-corrected chi connectivity index (χ1v) is 6.97. The zero-order chi connectivity index (χ0) is 14.0. The smallest absolute Gasteiger partial charge is 0.186 e. The first-order valence-electron chi connectivity index (χ1n) is 6.97. The van der Waals surface area contributed by atoms with Crippen LogP contribution < -0.4 is 10.5 Å². The van der Waals surface area contributed by atoms with E-state index in [2.05, 4.69) is 0 Å². The lowest BCUT2D eigenvalue weighted by Crippen LogP contribution is -2.49. The fourth-order valence-corrected chi connectivity index (χ4v) is 2.91. The summed E-state index contributed by atoms with van der Waals surface area (Å²) >= 11 is 0. The van der Waals surface area contributed by atoms with Gasteiger partial charge >= 0.3 is 0 Å². The van der Waals surface area contributed by atoms with Gasteiger partial charge < -0.3 is 10.5 Å². The summed E-state index contributed by atoms with van der Waals surface area (Å²) in [5.41, 5.74) is 8.42. The number of hydrogen-bond acceptors (Lipinski definition) is 3. The SMILES string of the molecule is COc1c(C(=O)C2(N)CCCCC2)ccc(C)c1C. The Morgan fingerprint density at radius 3 is 2.42 bits per heavy atom. The Bertz CT molecular complexity index is 488. The largest absolute Gasteiger partial charge is 0.496 e. The summed E-state index contributed by atoms with van der Waals surface area (Å²) in [4.78, 5) is 12.8. The van der Waals surface area contributed by atoms with E-state index in [1.807, 2.05) is 26.0 Å². The van der Waals surface area contributed by atoms with Crippen LogP contribution in [0.1, 0.15) is 53.6 Å². The van der Waals surface area contributed by atoms with E-state index in [1.165, 1.54) is 6.42 Å². The molecule has 3 nitrogen and oxygen atoms in total. The third-order valence-electron chi connectivity index (χ3n) is 4.32. The molecule has 1 saturated carbocycles. The molecule has 1 aromatic rings. The van der Waals surface area contributed by atoms with E-state index in [1.54, 1.807) is 7.11 Å². The number of methoxy groups -OCH3 is 1. The highest BCUT2D eigenvalue weighted by molar-refractivity contribution is 6.05. The number of aryl methyl sites for hydroxylation is 1. The fraction of sp³-hybridized carbons (Fsp3) is 0.562. The Kier molecular flexibility index (Phi) is 3.95. The maximum Gasteiger partial charge on any atom is 0.186 e. The van der Waals surface area contributed by atoms with Crippen LogP contribution in [0.3, 0.4) is 0 Å². The average molecular weight is 261 g/mol. The van der Waals surface area contributed by atoms with Gasteiger partial charge in [-0.05, 0) is 43.9 Å². The van der Waals surface area contributed by atoms with Crippen molar-refractivity contribution < 1.29 is 9.53 Å². The molecule has 0 unspecified atom stereocenters. The summed E-state index contributed by atoms with van der Waals surface area (Å²) in [5, 5.41) is 0. The van der Waals surface area contributed by atoms with Gasteiger partial charge in [0.15, 0.2) is 5.78 Å². The second kappa shape index (κ2) is 5.33. The molecule has 3 heteroatoms. The molecule has 0 radical (unpaired) electrons. The lowest BCUT2D eigenvalue weighted by Gasteiger charge is -2.32. The van der Waals surface area contributed by atoms with Crippen molar-refractivity contribution in [3.63, 3.8) is 0 Å². The number of Topliss-reactive ketones (excluding diaryl/α,β-unsaturated/α-hetero) is 1. The molecule has 0 bridgehead atoms. The second-order valence-corrected chi connectivity index (χ2v) is 5.63. The standard InChI is InChI=1S/C16H23NO2/c1-11-7-8-13(14(19-3)12(11)2)15(18)16(17)9-5-4-6-10-16/h7-8H,4-6,9-10,17H2,1-3H3. The van der Waals surface area contributed by atoms with E-state index in [9.17, 15) is 4.79 Å². The Hall–Kier alpha value is -1.35. The van der Waals surface area contributed by atoms with Crippen molar-refractivity contribution in [2.75, 3.05) is 7.11 Å². The van der Waals surface area contributed by atoms with Gasteiger partial charge in [0.1, 0.15) is 5.75 Å². The molecule has 1 fully saturated rings. The van der Waals surface area contributed by atoms with E-state index in [4.69, 9.17) is 10.5 Å². The molecule has 1 aliphatic rings. The van der Waals surface area contributed by atoms with Crippen LogP contribution in [-0.2, 0) is 0 Å². The monoisotopic (exact) mass is 261 g/mol. The van der Waals surface area contributed by atoms with Crippen LogP contribution in [-0.4, -0.2) is 18.4 Å². The summed E-state index contributed by atoms with van der Waals surface area (Å²) < 4.78 is 5.44. The van der Waals surface area contributed by atoms with Gasteiger partial charge in [0.25, 0.3) is 0 Å². The molecule has 2 rings (SSSR count). The van der Waals surface area contributed by atoms with Crippen LogP contribution in [0.4, 0.5) is 0 Å². The van der Waals surface area contributed by atoms with Crippen LogP contribution in [0.5, 0.6) is 5.75 Å². The minimum absolute atomic E-state index is 0.0344. The van der Waals surface area contributed by atoms with Gasteiger partial charge in [0.2, 0.25) is 0 Å². The van der Waals surface area contributed by atoms with E-state index < -0.39 is 5.54 Å². The minimum atomic E-state index is -0.701. The number of nitrogens with two attached hydrogens (primary N) is 1. The molecule has 0 aliphatic heterocycles. The van der Waals surface area contributed by atoms with Crippen molar-refractivity contribution in [2.45, 2.75) is 51.5 Å². The normalized spacial score (nSPS) is 18.1. The molecule has 0 aromatic heterocycles. The first kappa shape index (κ1) is 14.1. The van der Waals surface area contributed by atoms with Gasteiger partial charge in [-0.2, -0.15) is 0 Å². The molecule has 104 valence electrons. The average Bonchev–Trinajstić information content (AvgIpc) is 2.41. The molecule has 0 spiro atoms. The molecule has 0 atom stereocenters. The minimum Gasteiger partial charge on any atom is -0.496 e. The fourth-order valence-electron chi connectivity index (χ4n) is 2.91. The third kappa shape index (κ3) is 2.52. The summed E-state index contributed by atoms with van der Waals surface area (Å²) in [6.45, 7) is 4.00. The predicted molar refractivity (Wildman–Crippen MR) is 76.8 cm³/mol. The Morgan fingerprint density at radius 2 is 1.84 bits per heavy atom. The quantitative estimate of drug-likeness (QED) is 0.850. The number of benzene rings is 1. The third-order valence-corrected chi connectivity index (χ3v) is 4.32. The maximum absolute atomic E-state index is 12.8. The van der Waals surface area contributed by atoms with Gasteiger partial charge in [-0.1, -0.05) is 25.3 Å². The van der Waals surface area contributed by atoms with E-state index >= 15 is 0 Å². The molecule has 1 aliphatic carbocycles. The van der Waals surface area contributed by atoms with Gasteiger partial charge in [0.05, 0.1) is 18.2 Å². The second-order valence-electron chi connectivity index (χ2n) is 5.63. The van der Waals surface area contributed by atoms with Crippen LogP contribution in [0.15, 0.2) is 12.1 Å². The van der Waals surface area contributed by atoms with E-state index in [-0.39, 0.29) is 5.78 Å². The highest BCUT2D eigenvalue weighted by Gasteiger charge is 2.37. The molecule has 0 heterocycles. The molecular weight excluding hydrogens is 238 g/mol. The molecule has 19 heavy (non-hydrogen) atoms. The number of ketones is 1. The van der Waals surface area contributed by atoms with Crippen molar-refractivity contribution >= 4 is 5.78 Å². The molecule has 0 amide bonds. The Morgan fingerprint density at radius 1 is 1.21 bits per heavy atom. The van der Waals surface area contributed by atoms with Gasteiger partial charge in [-0.15, -0.1) is 0 Å². The number of hydrogen-bond donors (Lipinski definition) is 1. The number of rotatable bonds is 3. The first-order chi connectivity index (χ1) is 8.99. The summed E-state index contributed by atoms with van der Waals surface area (Å²) in [7, 11) is 1.61. The van der Waals surface area contributed by atoms with Crippen LogP contribution in [0.25, 0.3) is 0 Å². The molecular formula is C16H23NO2. The lowest BCUT2D eigenvalue weighted by atomic mass is 9.77. The van der Waals surface area contributed by atoms with E-state index in [0.717, 1.165) is 36.8 Å². The Labute approximate surface area is 115 Å². The zero-order valence-electron chi connectivity index (χ0n) is 12.1.